The summed E-state index contributed by atoms with van der Waals surface area (Å²) in [7, 11) is 0. The van der Waals surface area contributed by atoms with Crippen LogP contribution in [0.15, 0.2) is 22.1 Å². The van der Waals surface area contributed by atoms with Gasteiger partial charge in [0.2, 0.25) is 0 Å². The van der Waals surface area contributed by atoms with Gasteiger partial charge in [-0.15, -0.1) is 11.8 Å². The van der Waals surface area contributed by atoms with Crippen molar-refractivity contribution < 1.29 is 0 Å². The fourth-order valence-corrected chi connectivity index (χ4v) is 2.04. The van der Waals surface area contributed by atoms with Crippen molar-refractivity contribution in [2.45, 2.75) is 26.0 Å². The second kappa shape index (κ2) is 3.15. The topological polar surface area (TPSA) is 23.8 Å². The molecule has 2 heteroatoms. The van der Waals surface area contributed by atoms with Crippen molar-refractivity contribution in [3.8, 4) is 6.07 Å². The monoisotopic (exact) mass is 165 g/mol. The maximum Gasteiger partial charge on any atom is 0.106 e. The van der Waals surface area contributed by atoms with Crippen LogP contribution >= 0.6 is 11.8 Å². The number of rotatable bonds is 0. The molecule has 1 unspecified atom stereocenters. The molecule has 0 aromatic rings. The number of thioether (sulfide) groups is 1. The molecule has 0 saturated heterocycles. The highest BCUT2D eigenvalue weighted by Crippen LogP contribution is 2.33. The highest BCUT2D eigenvalue weighted by atomic mass is 32.2. The summed E-state index contributed by atoms with van der Waals surface area (Å²) in [4.78, 5) is 0.834. The van der Waals surface area contributed by atoms with Crippen LogP contribution in [0.1, 0.15) is 20.8 Å². The molecule has 1 heterocycles. The highest BCUT2D eigenvalue weighted by molar-refractivity contribution is 8.04. The summed E-state index contributed by atoms with van der Waals surface area (Å²) >= 11 is 1.64. The first kappa shape index (κ1) is 8.42. The van der Waals surface area contributed by atoms with Crippen LogP contribution in [0.25, 0.3) is 0 Å². The normalized spacial score (nSPS) is 24.5. The predicted octanol–water partition coefficient (Wildman–Crippen LogP) is 2.87. The lowest BCUT2D eigenvalue weighted by Gasteiger charge is -2.17. The number of hydrogen-bond donors (Lipinski definition) is 0. The predicted molar refractivity (Wildman–Crippen MR) is 49.1 cm³/mol. The van der Waals surface area contributed by atoms with Crippen LogP contribution < -0.4 is 0 Å². The van der Waals surface area contributed by atoms with Gasteiger partial charge in [-0.3, -0.25) is 0 Å². The van der Waals surface area contributed by atoms with Gasteiger partial charge >= 0.3 is 0 Å². The minimum Gasteiger partial charge on any atom is -0.192 e. The summed E-state index contributed by atoms with van der Waals surface area (Å²) in [5.41, 5.74) is 2.63. The zero-order valence-electron chi connectivity index (χ0n) is 7.01. The van der Waals surface area contributed by atoms with E-state index >= 15 is 0 Å². The van der Waals surface area contributed by atoms with E-state index in [0.717, 1.165) is 4.91 Å². The lowest BCUT2D eigenvalue weighted by molar-refractivity contribution is 1.08. The summed E-state index contributed by atoms with van der Waals surface area (Å²) < 4.78 is 0. The van der Waals surface area contributed by atoms with Crippen molar-refractivity contribution in [1.82, 2.24) is 0 Å². The maximum atomic E-state index is 8.65. The van der Waals surface area contributed by atoms with E-state index in [0.29, 0.717) is 5.25 Å². The van der Waals surface area contributed by atoms with Gasteiger partial charge in [-0.25, -0.2) is 0 Å². The van der Waals surface area contributed by atoms with Crippen molar-refractivity contribution in [3.63, 3.8) is 0 Å². The molecule has 0 aromatic carbocycles. The smallest absolute Gasteiger partial charge is 0.106 e. The molecule has 58 valence electrons. The molecule has 1 rings (SSSR count). The van der Waals surface area contributed by atoms with Crippen molar-refractivity contribution >= 4 is 11.8 Å². The van der Waals surface area contributed by atoms with E-state index in [1.807, 2.05) is 6.08 Å². The zero-order valence-corrected chi connectivity index (χ0v) is 7.83. The lowest BCUT2D eigenvalue weighted by atomic mass is 10.1. The largest absolute Gasteiger partial charge is 0.192 e. The molecule has 0 amide bonds. The van der Waals surface area contributed by atoms with Crippen molar-refractivity contribution in [1.29, 1.82) is 5.26 Å². The molecule has 0 aliphatic carbocycles. The summed E-state index contributed by atoms with van der Waals surface area (Å²) in [6, 6.07) is 2.18. The molecule has 1 aliphatic rings. The fourth-order valence-electron chi connectivity index (χ4n) is 1.00. The zero-order chi connectivity index (χ0) is 8.43. The summed E-state index contributed by atoms with van der Waals surface area (Å²) in [5, 5.41) is 9.12. The first-order valence-electron chi connectivity index (χ1n) is 3.61. The average Bonchev–Trinajstić information content (AvgIpc) is 1.99. The Morgan fingerprint density at radius 1 is 1.55 bits per heavy atom. The molecule has 0 aromatic heterocycles. The van der Waals surface area contributed by atoms with Crippen LogP contribution in [0.5, 0.6) is 0 Å². The summed E-state index contributed by atoms with van der Waals surface area (Å²) in [5.74, 6) is 0. The Morgan fingerprint density at radius 3 is 2.64 bits per heavy atom. The molecule has 0 radical (unpaired) electrons. The Hall–Kier alpha value is -0.680. The molecule has 0 fully saturated rings. The molecule has 1 atom stereocenters. The molecular formula is C9H11NS. The first-order chi connectivity index (χ1) is 5.15. The third-order valence-electron chi connectivity index (χ3n) is 1.99. The van der Waals surface area contributed by atoms with Gasteiger partial charge in [-0.2, -0.15) is 5.26 Å². The molecule has 11 heavy (non-hydrogen) atoms. The van der Waals surface area contributed by atoms with Crippen LogP contribution in [-0.2, 0) is 0 Å². The first-order valence-corrected chi connectivity index (χ1v) is 4.49. The summed E-state index contributed by atoms with van der Waals surface area (Å²) in [6.07, 6.45) is 1.96. The SMILES string of the molecule is CC1=C(C)C(C)SC(C#N)=C1. The Morgan fingerprint density at radius 2 is 2.18 bits per heavy atom. The molecule has 0 N–H and O–H groups in total. The van der Waals surface area contributed by atoms with Gasteiger partial charge < -0.3 is 0 Å². The standard InChI is InChI=1S/C9H11NS/c1-6-4-9(5-10)11-8(3)7(6)2/h4,8H,1-3H3. The van der Waals surface area contributed by atoms with E-state index in [4.69, 9.17) is 5.26 Å². The minimum atomic E-state index is 0.467. The third-order valence-corrected chi connectivity index (χ3v) is 3.16. The lowest BCUT2D eigenvalue weighted by Crippen LogP contribution is -2.04. The van der Waals surface area contributed by atoms with Crippen LogP contribution in [-0.4, -0.2) is 5.25 Å². The van der Waals surface area contributed by atoms with Crippen molar-refractivity contribution in [3.05, 3.63) is 22.1 Å². The van der Waals surface area contributed by atoms with E-state index in [1.165, 1.54) is 11.1 Å². The van der Waals surface area contributed by atoms with Crippen LogP contribution in [0.4, 0.5) is 0 Å². The molecule has 1 aliphatic heterocycles. The molecule has 0 bridgehead atoms. The number of allylic oxidation sites excluding steroid dienone is 3. The quantitative estimate of drug-likeness (QED) is 0.551. The van der Waals surface area contributed by atoms with Gasteiger partial charge in [-0.1, -0.05) is 5.57 Å². The number of nitrogens with zero attached hydrogens (tertiary/aromatic N) is 1. The summed E-state index contributed by atoms with van der Waals surface area (Å²) in [6.45, 7) is 6.31. The van der Waals surface area contributed by atoms with Gasteiger partial charge in [0.25, 0.3) is 0 Å². The fraction of sp³-hybridized carbons (Fsp3) is 0.444. The van der Waals surface area contributed by atoms with Gasteiger partial charge in [0.15, 0.2) is 0 Å². The van der Waals surface area contributed by atoms with Crippen LogP contribution in [0, 0.1) is 11.3 Å². The second-order valence-electron chi connectivity index (χ2n) is 2.75. The Labute approximate surface area is 71.8 Å². The van der Waals surface area contributed by atoms with E-state index in [1.54, 1.807) is 11.8 Å². The van der Waals surface area contributed by atoms with E-state index < -0.39 is 0 Å². The number of hydrogen-bond acceptors (Lipinski definition) is 2. The second-order valence-corrected chi connectivity index (χ2v) is 4.13. The van der Waals surface area contributed by atoms with Crippen molar-refractivity contribution in [2.24, 2.45) is 0 Å². The average molecular weight is 165 g/mol. The molecule has 0 spiro atoms. The Balaban J connectivity index is 2.98. The van der Waals surface area contributed by atoms with Crippen LogP contribution in [0.2, 0.25) is 0 Å². The van der Waals surface area contributed by atoms with Gasteiger partial charge in [0.1, 0.15) is 6.07 Å². The van der Waals surface area contributed by atoms with E-state index in [-0.39, 0.29) is 0 Å². The minimum absolute atomic E-state index is 0.467. The van der Waals surface area contributed by atoms with Crippen molar-refractivity contribution in [2.75, 3.05) is 0 Å². The maximum absolute atomic E-state index is 8.65. The third kappa shape index (κ3) is 1.66. The van der Waals surface area contributed by atoms with Gasteiger partial charge in [0, 0.05) is 5.25 Å². The molecular weight excluding hydrogens is 154 g/mol. The number of nitriles is 1. The molecule has 1 nitrogen and oxygen atoms in total. The van der Waals surface area contributed by atoms with E-state index in [9.17, 15) is 0 Å². The van der Waals surface area contributed by atoms with E-state index in [2.05, 4.69) is 26.8 Å². The van der Waals surface area contributed by atoms with Crippen LogP contribution in [0.3, 0.4) is 0 Å². The Bertz CT molecular complexity index is 268. The van der Waals surface area contributed by atoms with Gasteiger partial charge in [0.05, 0.1) is 4.91 Å². The van der Waals surface area contributed by atoms with Gasteiger partial charge in [-0.05, 0) is 32.4 Å². The molecule has 0 saturated carbocycles. The highest BCUT2D eigenvalue weighted by Gasteiger charge is 2.14. The Kier molecular flexibility index (Phi) is 2.41.